The number of fused-ring (bicyclic) bond motifs is 3. The molecule has 1 fully saturated rings. The van der Waals surface area contributed by atoms with Gasteiger partial charge < -0.3 is 14.9 Å². The molecule has 1 aliphatic rings. The molecule has 0 unspecified atom stereocenters. The largest absolute Gasteiger partial charge is 0.480 e. The first-order valence-corrected chi connectivity index (χ1v) is 8.13. The van der Waals surface area contributed by atoms with Crippen LogP contribution in [0.5, 0.6) is 5.88 Å². The number of amides is 1. The number of likely N-dealkylation sites (tertiary alicyclic amines) is 1. The summed E-state index contributed by atoms with van der Waals surface area (Å²) in [6.45, 7) is 3.69. The molecule has 10 heteroatoms. The van der Waals surface area contributed by atoms with Gasteiger partial charge >= 0.3 is 12.1 Å². The van der Waals surface area contributed by atoms with E-state index in [-0.39, 0.29) is 18.8 Å². The third-order valence-corrected chi connectivity index (χ3v) is 4.55. The van der Waals surface area contributed by atoms with Crippen LogP contribution >= 0.6 is 0 Å². The molecule has 3 aromatic rings. The zero-order valence-corrected chi connectivity index (χ0v) is 14.0. The fraction of sp³-hybridized carbons (Fsp3) is 0.235. The number of hydrogen-bond donors (Lipinski definition) is 2. The molecule has 4 rings (SSSR count). The zero-order valence-electron chi connectivity index (χ0n) is 14.0. The maximum absolute atomic E-state index is 11.3. The number of aliphatic carboxylic acids is 1. The number of rotatable bonds is 4. The van der Waals surface area contributed by atoms with Crippen LogP contribution in [0.25, 0.3) is 22.5 Å². The summed E-state index contributed by atoms with van der Waals surface area (Å²) in [7, 11) is 0. The summed E-state index contributed by atoms with van der Waals surface area (Å²) >= 11 is 0. The SMILES string of the molecule is C=Cc1ccc2c(c1)c(O[C@@H]1C[C@@H](C(=O)O)N(C(=O)O)C1)nn1cnnc21. The van der Waals surface area contributed by atoms with E-state index in [1.807, 2.05) is 18.2 Å². The van der Waals surface area contributed by atoms with Gasteiger partial charge in [0.1, 0.15) is 18.5 Å². The molecular formula is C17H15N5O5. The molecule has 2 atom stereocenters. The highest BCUT2D eigenvalue weighted by molar-refractivity contribution is 5.97. The molecule has 0 bridgehead atoms. The van der Waals surface area contributed by atoms with Gasteiger partial charge in [0, 0.05) is 17.2 Å². The number of ether oxygens (including phenoxy) is 1. The lowest BCUT2D eigenvalue weighted by Gasteiger charge is -2.17. The molecular weight excluding hydrogens is 354 g/mol. The lowest BCUT2D eigenvalue weighted by Crippen LogP contribution is -2.39. The van der Waals surface area contributed by atoms with Crippen LogP contribution in [0.3, 0.4) is 0 Å². The smallest absolute Gasteiger partial charge is 0.408 e. The van der Waals surface area contributed by atoms with E-state index in [2.05, 4.69) is 21.9 Å². The Morgan fingerprint density at radius 2 is 2.11 bits per heavy atom. The van der Waals surface area contributed by atoms with Crippen LogP contribution in [0, 0.1) is 0 Å². The van der Waals surface area contributed by atoms with E-state index in [0.29, 0.717) is 11.0 Å². The predicted molar refractivity (Wildman–Crippen MR) is 93.6 cm³/mol. The summed E-state index contributed by atoms with van der Waals surface area (Å²) in [6, 6.07) is 4.40. The second-order valence-corrected chi connectivity index (χ2v) is 6.18. The summed E-state index contributed by atoms with van der Waals surface area (Å²) in [5, 5.41) is 32.2. The molecule has 1 aliphatic heterocycles. The van der Waals surface area contributed by atoms with Gasteiger partial charge in [-0.15, -0.1) is 15.3 Å². The Hall–Kier alpha value is -3.69. The van der Waals surface area contributed by atoms with Crippen molar-refractivity contribution in [1.82, 2.24) is 24.7 Å². The van der Waals surface area contributed by atoms with Crippen LogP contribution in [0.1, 0.15) is 12.0 Å². The predicted octanol–water partition coefficient (Wildman–Crippen LogP) is 1.50. The molecule has 1 saturated heterocycles. The van der Waals surface area contributed by atoms with Gasteiger partial charge in [-0.05, 0) is 17.7 Å². The van der Waals surface area contributed by atoms with Crippen molar-refractivity contribution in [3.05, 3.63) is 36.7 Å². The van der Waals surface area contributed by atoms with Gasteiger partial charge in [0.15, 0.2) is 5.65 Å². The second kappa shape index (κ2) is 6.24. The molecule has 2 N–H and O–H groups in total. The maximum Gasteiger partial charge on any atom is 0.408 e. The van der Waals surface area contributed by atoms with E-state index in [0.717, 1.165) is 15.8 Å². The van der Waals surface area contributed by atoms with E-state index < -0.39 is 24.2 Å². The first kappa shape index (κ1) is 16.8. The molecule has 0 radical (unpaired) electrons. The summed E-state index contributed by atoms with van der Waals surface area (Å²) in [4.78, 5) is 23.5. The van der Waals surface area contributed by atoms with E-state index in [1.54, 1.807) is 6.08 Å². The molecule has 1 aromatic carbocycles. The third-order valence-electron chi connectivity index (χ3n) is 4.55. The first-order valence-electron chi connectivity index (χ1n) is 8.13. The lowest BCUT2D eigenvalue weighted by molar-refractivity contribution is -0.141. The van der Waals surface area contributed by atoms with Gasteiger partial charge in [-0.3, -0.25) is 4.90 Å². The van der Waals surface area contributed by atoms with Crippen LogP contribution < -0.4 is 4.74 Å². The van der Waals surface area contributed by atoms with E-state index in [1.165, 1.54) is 10.8 Å². The molecule has 0 spiro atoms. The van der Waals surface area contributed by atoms with E-state index in [9.17, 15) is 19.8 Å². The second-order valence-electron chi connectivity index (χ2n) is 6.18. The Bertz CT molecular complexity index is 1060. The van der Waals surface area contributed by atoms with Gasteiger partial charge in [-0.1, -0.05) is 18.7 Å². The number of hydrogen-bond acceptors (Lipinski definition) is 6. The number of carboxylic acid groups (broad SMARTS) is 2. The zero-order chi connectivity index (χ0) is 19.1. The Balaban J connectivity index is 1.75. The average Bonchev–Trinajstić information content (AvgIpc) is 3.28. The molecule has 0 aliphatic carbocycles. The van der Waals surface area contributed by atoms with Crippen LogP contribution in [-0.4, -0.2) is 65.7 Å². The highest BCUT2D eigenvalue weighted by Crippen LogP contribution is 2.30. The van der Waals surface area contributed by atoms with E-state index >= 15 is 0 Å². The van der Waals surface area contributed by atoms with Gasteiger partial charge in [0.05, 0.1) is 6.54 Å². The number of nitrogens with zero attached hydrogens (tertiary/aromatic N) is 5. The minimum absolute atomic E-state index is 0.0339. The van der Waals surface area contributed by atoms with Crippen LogP contribution in [0.2, 0.25) is 0 Å². The highest BCUT2D eigenvalue weighted by atomic mass is 16.5. The topological polar surface area (TPSA) is 130 Å². The van der Waals surface area contributed by atoms with Crippen LogP contribution in [0.4, 0.5) is 4.79 Å². The molecule has 0 saturated carbocycles. The van der Waals surface area contributed by atoms with Crippen molar-refractivity contribution >= 4 is 34.6 Å². The lowest BCUT2D eigenvalue weighted by atomic mass is 10.1. The van der Waals surface area contributed by atoms with Crippen molar-refractivity contribution in [3.63, 3.8) is 0 Å². The summed E-state index contributed by atoms with van der Waals surface area (Å²) in [6.07, 6.45) is 1.21. The number of aromatic nitrogens is 4. The van der Waals surface area contributed by atoms with Crippen molar-refractivity contribution in [1.29, 1.82) is 0 Å². The standard InChI is InChI=1S/C17H15N5O5/c1-2-9-3-4-11-12(5-9)15(20-22-8-18-19-14(11)22)27-10-6-13(16(23)24)21(7-10)17(25)26/h2-5,8,10,13H,1,6-7H2,(H,23,24)(H,25,26)/t10-,13+/m1/s1. The van der Waals surface area contributed by atoms with Gasteiger partial charge in [0.25, 0.3) is 0 Å². The highest BCUT2D eigenvalue weighted by Gasteiger charge is 2.41. The molecule has 27 heavy (non-hydrogen) atoms. The van der Waals surface area contributed by atoms with Gasteiger partial charge in [-0.2, -0.15) is 4.52 Å². The van der Waals surface area contributed by atoms with Gasteiger partial charge in [0.2, 0.25) is 5.88 Å². The van der Waals surface area contributed by atoms with Crippen LogP contribution in [-0.2, 0) is 4.79 Å². The van der Waals surface area contributed by atoms with Crippen molar-refractivity contribution in [2.75, 3.05) is 6.54 Å². The first-order chi connectivity index (χ1) is 13.0. The monoisotopic (exact) mass is 369 g/mol. The quantitative estimate of drug-likeness (QED) is 0.708. The normalized spacial score (nSPS) is 19.5. The van der Waals surface area contributed by atoms with Crippen molar-refractivity contribution in [3.8, 4) is 5.88 Å². The molecule has 138 valence electrons. The summed E-state index contributed by atoms with van der Waals surface area (Å²) < 4.78 is 7.40. The fourth-order valence-corrected chi connectivity index (χ4v) is 3.27. The Labute approximate surface area is 152 Å². The third kappa shape index (κ3) is 2.80. The average molecular weight is 369 g/mol. The molecule has 3 heterocycles. The fourth-order valence-electron chi connectivity index (χ4n) is 3.27. The minimum Gasteiger partial charge on any atom is -0.480 e. The summed E-state index contributed by atoms with van der Waals surface area (Å²) in [5.41, 5.74) is 1.40. The molecule has 10 nitrogen and oxygen atoms in total. The Morgan fingerprint density at radius 1 is 1.30 bits per heavy atom. The Morgan fingerprint density at radius 3 is 2.78 bits per heavy atom. The van der Waals surface area contributed by atoms with Crippen molar-refractivity contribution in [2.45, 2.75) is 18.6 Å². The Kier molecular flexibility index (Phi) is 3.87. The number of carboxylic acids is 1. The molecule has 2 aromatic heterocycles. The van der Waals surface area contributed by atoms with Crippen LogP contribution in [0.15, 0.2) is 31.1 Å². The van der Waals surface area contributed by atoms with Gasteiger partial charge in [-0.25, -0.2) is 9.59 Å². The van der Waals surface area contributed by atoms with E-state index in [4.69, 9.17) is 4.74 Å². The number of benzene rings is 1. The number of carbonyl (C=O) groups is 2. The maximum atomic E-state index is 11.3. The summed E-state index contributed by atoms with van der Waals surface area (Å²) in [5.74, 6) is -0.952. The van der Waals surface area contributed by atoms with Crippen molar-refractivity contribution < 1.29 is 24.5 Å². The van der Waals surface area contributed by atoms with Crippen molar-refractivity contribution in [2.24, 2.45) is 0 Å². The molecule has 1 amide bonds. The minimum atomic E-state index is -1.30.